The highest BCUT2D eigenvalue weighted by molar-refractivity contribution is 8.00. The van der Waals surface area contributed by atoms with Crippen molar-refractivity contribution in [1.82, 2.24) is 4.90 Å². The van der Waals surface area contributed by atoms with E-state index in [0.717, 1.165) is 11.3 Å². The Bertz CT molecular complexity index is 566. The van der Waals surface area contributed by atoms with Crippen LogP contribution in [0, 0.1) is 5.92 Å². The lowest BCUT2D eigenvalue weighted by molar-refractivity contribution is -0.148. The third kappa shape index (κ3) is 3.76. The number of aliphatic carboxylic acids is 1. The molecule has 3 atom stereocenters. The minimum atomic E-state index is -0.823. The van der Waals surface area contributed by atoms with Gasteiger partial charge in [-0.05, 0) is 38.8 Å². The summed E-state index contributed by atoms with van der Waals surface area (Å²) in [5.41, 5.74) is 0. The third-order valence-electron chi connectivity index (χ3n) is 4.08. The number of carbonyl (C=O) groups is 2. The molecule has 0 saturated carbocycles. The Morgan fingerprint density at radius 3 is 2.73 bits per heavy atom. The van der Waals surface area contributed by atoms with Gasteiger partial charge in [0.05, 0.1) is 16.2 Å². The molecule has 1 N–H and O–H groups in total. The number of halogens is 1. The van der Waals surface area contributed by atoms with Crippen molar-refractivity contribution in [2.24, 2.45) is 5.92 Å². The van der Waals surface area contributed by atoms with Gasteiger partial charge in [-0.25, -0.2) is 0 Å². The quantitative estimate of drug-likeness (QED) is 0.851. The zero-order chi connectivity index (χ0) is 16.3. The number of carbonyl (C=O) groups excluding carboxylic acids is 1. The summed E-state index contributed by atoms with van der Waals surface area (Å²) < 4.78 is 0. The van der Waals surface area contributed by atoms with E-state index in [9.17, 15) is 14.7 Å². The maximum Gasteiger partial charge on any atom is 0.308 e. The summed E-state index contributed by atoms with van der Waals surface area (Å²) in [6.07, 6.45) is 1.36. The van der Waals surface area contributed by atoms with Crippen LogP contribution in [0.25, 0.3) is 0 Å². The average molecular weight is 342 g/mol. The van der Waals surface area contributed by atoms with E-state index in [4.69, 9.17) is 11.6 Å². The zero-order valence-electron chi connectivity index (χ0n) is 12.7. The summed E-state index contributed by atoms with van der Waals surface area (Å²) in [6, 6.07) is 7.15. The SMILES string of the molecule is CC(Sc1ccccc1Cl)C(=O)N1CCC[C@H](C(=O)O)[C@@H]1C. The predicted molar refractivity (Wildman–Crippen MR) is 88.3 cm³/mol. The number of hydrogen-bond acceptors (Lipinski definition) is 3. The fourth-order valence-corrected chi connectivity index (χ4v) is 4.02. The van der Waals surface area contributed by atoms with Crippen LogP contribution in [0.15, 0.2) is 29.2 Å². The summed E-state index contributed by atoms with van der Waals surface area (Å²) in [5, 5.41) is 9.59. The fourth-order valence-electron chi connectivity index (χ4n) is 2.80. The van der Waals surface area contributed by atoms with E-state index in [0.29, 0.717) is 18.0 Å². The standard InChI is InChI=1S/C16H20ClNO3S/c1-10-12(16(20)21)6-5-9-18(10)15(19)11(2)22-14-8-4-3-7-13(14)17/h3-4,7-8,10-12H,5-6,9H2,1-2H3,(H,20,21)/t10-,11?,12-/m0/s1. The lowest BCUT2D eigenvalue weighted by atomic mass is 9.90. The Morgan fingerprint density at radius 2 is 2.09 bits per heavy atom. The topological polar surface area (TPSA) is 57.6 Å². The molecule has 1 heterocycles. The van der Waals surface area contributed by atoms with Crippen molar-refractivity contribution in [3.8, 4) is 0 Å². The summed E-state index contributed by atoms with van der Waals surface area (Å²) in [5.74, 6) is -1.32. The van der Waals surface area contributed by atoms with Gasteiger partial charge in [-0.1, -0.05) is 23.7 Å². The summed E-state index contributed by atoms with van der Waals surface area (Å²) in [7, 11) is 0. The van der Waals surface area contributed by atoms with E-state index in [1.165, 1.54) is 11.8 Å². The monoisotopic (exact) mass is 341 g/mol. The third-order valence-corrected chi connectivity index (χ3v) is 5.68. The molecule has 1 aromatic carbocycles. The first kappa shape index (κ1) is 17.2. The molecule has 0 aromatic heterocycles. The molecule has 1 unspecified atom stereocenters. The molecule has 1 aliphatic rings. The smallest absolute Gasteiger partial charge is 0.308 e. The van der Waals surface area contributed by atoms with Crippen molar-refractivity contribution in [2.45, 2.75) is 42.9 Å². The first-order chi connectivity index (χ1) is 10.4. The lowest BCUT2D eigenvalue weighted by Crippen LogP contribution is -2.51. The van der Waals surface area contributed by atoms with E-state index in [1.54, 1.807) is 11.0 Å². The predicted octanol–water partition coefficient (Wildman–Crippen LogP) is 3.53. The molecule has 1 saturated heterocycles. The molecular formula is C16H20ClNO3S. The van der Waals surface area contributed by atoms with E-state index in [1.807, 2.05) is 32.0 Å². The molecule has 0 aliphatic carbocycles. The Balaban J connectivity index is 2.07. The van der Waals surface area contributed by atoms with Crippen LogP contribution in [-0.2, 0) is 9.59 Å². The van der Waals surface area contributed by atoms with Crippen molar-refractivity contribution in [1.29, 1.82) is 0 Å². The maximum atomic E-state index is 12.7. The molecule has 0 bridgehead atoms. The molecular weight excluding hydrogens is 322 g/mol. The number of piperidine rings is 1. The number of amides is 1. The first-order valence-corrected chi connectivity index (χ1v) is 8.62. The van der Waals surface area contributed by atoms with Gasteiger partial charge in [-0.2, -0.15) is 0 Å². The summed E-state index contributed by atoms with van der Waals surface area (Å²) in [6.45, 7) is 4.29. The number of likely N-dealkylation sites (tertiary alicyclic amines) is 1. The second-order valence-electron chi connectivity index (χ2n) is 5.55. The van der Waals surface area contributed by atoms with E-state index < -0.39 is 11.9 Å². The van der Waals surface area contributed by atoms with Gasteiger partial charge in [-0.3, -0.25) is 9.59 Å². The normalized spacial score (nSPS) is 23.1. The first-order valence-electron chi connectivity index (χ1n) is 7.36. The Morgan fingerprint density at radius 1 is 1.41 bits per heavy atom. The summed E-state index contributed by atoms with van der Waals surface area (Å²) >= 11 is 7.54. The average Bonchev–Trinajstić information content (AvgIpc) is 2.48. The molecule has 4 nitrogen and oxygen atoms in total. The van der Waals surface area contributed by atoms with Crippen LogP contribution < -0.4 is 0 Å². The second-order valence-corrected chi connectivity index (χ2v) is 7.34. The fraction of sp³-hybridized carbons (Fsp3) is 0.500. The number of nitrogens with zero attached hydrogens (tertiary/aromatic N) is 1. The molecule has 0 radical (unpaired) electrons. The number of thioether (sulfide) groups is 1. The van der Waals surface area contributed by atoms with Crippen LogP contribution in [0.5, 0.6) is 0 Å². The van der Waals surface area contributed by atoms with Gasteiger partial charge in [-0.15, -0.1) is 11.8 Å². The minimum Gasteiger partial charge on any atom is -0.481 e. The molecule has 6 heteroatoms. The largest absolute Gasteiger partial charge is 0.481 e. The van der Waals surface area contributed by atoms with Crippen molar-refractivity contribution in [3.63, 3.8) is 0 Å². The number of hydrogen-bond donors (Lipinski definition) is 1. The highest BCUT2D eigenvalue weighted by Crippen LogP contribution is 2.32. The maximum absolute atomic E-state index is 12.7. The summed E-state index contributed by atoms with van der Waals surface area (Å²) in [4.78, 5) is 26.5. The van der Waals surface area contributed by atoms with Gasteiger partial charge >= 0.3 is 5.97 Å². The van der Waals surface area contributed by atoms with E-state index in [-0.39, 0.29) is 17.2 Å². The molecule has 120 valence electrons. The van der Waals surface area contributed by atoms with Crippen molar-refractivity contribution in [2.75, 3.05) is 6.54 Å². The lowest BCUT2D eigenvalue weighted by Gasteiger charge is -2.38. The van der Waals surface area contributed by atoms with Gasteiger partial charge in [0.2, 0.25) is 5.91 Å². The molecule has 1 amide bonds. The Kier molecular flexibility index (Phi) is 5.75. The van der Waals surface area contributed by atoms with Gasteiger partial charge in [0, 0.05) is 17.5 Å². The highest BCUT2D eigenvalue weighted by atomic mass is 35.5. The van der Waals surface area contributed by atoms with Crippen LogP contribution in [0.1, 0.15) is 26.7 Å². The molecule has 1 aliphatic heterocycles. The Labute approximate surface area is 139 Å². The number of rotatable bonds is 4. The van der Waals surface area contributed by atoms with Gasteiger partial charge < -0.3 is 10.0 Å². The van der Waals surface area contributed by atoms with Crippen LogP contribution >= 0.6 is 23.4 Å². The second kappa shape index (κ2) is 7.38. The van der Waals surface area contributed by atoms with Gasteiger partial charge in [0.25, 0.3) is 0 Å². The minimum absolute atomic E-state index is 0.0247. The molecule has 1 fully saturated rings. The molecule has 1 aromatic rings. The number of carboxylic acid groups (broad SMARTS) is 1. The van der Waals surface area contributed by atoms with Gasteiger partial charge in [0.1, 0.15) is 0 Å². The Hall–Kier alpha value is -1.20. The highest BCUT2D eigenvalue weighted by Gasteiger charge is 2.36. The van der Waals surface area contributed by atoms with E-state index in [2.05, 4.69) is 0 Å². The van der Waals surface area contributed by atoms with Crippen molar-refractivity contribution in [3.05, 3.63) is 29.3 Å². The van der Waals surface area contributed by atoms with Crippen molar-refractivity contribution >= 4 is 35.2 Å². The van der Waals surface area contributed by atoms with Gasteiger partial charge in [0.15, 0.2) is 0 Å². The number of benzene rings is 1. The molecule has 2 rings (SSSR count). The molecule has 0 spiro atoms. The van der Waals surface area contributed by atoms with Crippen LogP contribution in [-0.4, -0.2) is 39.7 Å². The van der Waals surface area contributed by atoms with Crippen LogP contribution in [0.2, 0.25) is 5.02 Å². The van der Waals surface area contributed by atoms with Crippen LogP contribution in [0.3, 0.4) is 0 Å². The van der Waals surface area contributed by atoms with Crippen LogP contribution in [0.4, 0.5) is 0 Å². The zero-order valence-corrected chi connectivity index (χ0v) is 14.2. The van der Waals surface area contributed by atoms with Crippen molar-refractivity contribution < 1.29 is 14.7 Å². The van der Waals surface area contributed by atoms with E-state index >= 15 is 0 Å². The molecule has 22 heavy (non-hydrogen) atoms. The number of carboxylic acids is 1.